The first-order chi connectivity index (χ1) is 9.72. The van der Waals surface area contributed by atoms with E-state index >= 15 is 0 Å². The summed E-state index contributed by atoms with van der Waals surface area (Å²) in [5.74, 6) is -1.33. The number of nitrogens with two attached hydrogens (primary N) is 1. The lowest BCUT2D eigenvalue weighted by Crippen LogP contribution is -2.25. The third-order valence-electron chi connectivity index (χ3n) is 3.61. The molecule has 21 heavy (non-hydrogen) atoms. The van der Waals surface area contributed by atoms with Crippen LogP contribution in [0.1, 0.15) is 40.0 Å². The second-order valence-electron chi connectivity index (χ2n) is 6.39. The predicted molar refractivity (Wildman–Crippen MR) is 80.8 cm³/mol. The Morgan fingerprint density at radius 1 is 1.19 bits per heavy atom. The van der Waals surface area contributed by atoms with Crippen molar-refractivity contribution >= 4 is 11.6 Å². The van der Waals surface area contributed by atoms with E-state index in [-0.39, 0.29) is 17.0 Å². The van der Waals surface area contributed by atoms with Gasteiger partial charge in [0.1, 0.15) is 11.6 Å². The van der Waals surface area contributed by atoms with Crippen LogP contribution in [-0.4, -0.2) is 12.5 Å². The minimum absolute atomic E-state index is 0.0740. The number of hydrogen-bond acceptors (Lipinski definition) is 2. The number of anilines is 1. The number of halogens is 2. The van der Waals surface area contributed by atoms with Gasteiger partial charge in [-0.05, 0) is 42.9 Å². The smallest absolute Gasteiger partial charge is 0.224 e. The number of hydrogen-bond donors (Lipinski definition) is 2. The second-order valence-corrected chi connectivity index (χ2v) is 6.39. The number of amides is 1. The van der Waals surface area contributed by atoms with Gasteiger partial charge in [0.05, 0.1) is 0 Å². The maximum Gasteiger partial charge on any atom is 0.224 e. The lowest BCUT2D eigenvalue weighted by molar-refractivity contribution is -0.116. The summed E-state index contributed by atoms with van der Waals surface area (Å²) < 4.78 is 26.1. The highest BCUT2D eigenvalue weighted by Gasteiger charge is 2.24. The lowest BCUT2D eigenvalue weighted by atomic mass is 9.76. The van der Waals surface area contributed by atoms with E-state index in [2.05, 4.69) is 26.1 Å². The Balaban J connectivity index is 2.57. The van der Waals surface area contributed by atoms with E-state index in [0.717, 1.165) is 24.6 Å². The Morgan fingerprint density at radius 3 is 2.24 bits per heavy atom. The molecule has 0 bridgehead atoms. The van der Waals surface area contributed by atoms with Crippen LogP contribution in [0, 0.1) is 23.0 Å². The quantitative estimate of drug-likeness (QED) is 0.841. The molecule has 0 aliphatic rings. The van der Waals surface area contributed by atoms with Crippen LogP contribution in [0.15, 0.2) is 18.2 Å². The average Bonchev–Trinajstić information content (AvgIpc) is 2.31. The fourth-order valence-corrected chi connectivity index (χ4v) is 2.37. The number of carbonyl (C=O) groups is 1. The van der Waals surface area contributed by atoms with Gasteiger partial charge in [0, 0.05) is 18.2 Å². The first kappa shape index (κ1) is 17.6. The molecule has 0 spiro atoms. The SMILES string of the molecule is CC(C)(C)C(CCN)CCC(=O)Nc1cc(F)cc(F)c1. The van der Waals surface area contributed by atoms with Gasteiger partial charge in [-0.2, -0.15) is 0 Å². The van der Waals surface area contributed by atoms with Gasteiger partial charge < -0.3 is 11.1 Å². The van der Waals surface area contributed by atoms with E-state index in [1.807, 2.05) is 0 Å². The van der Waals surface area contributed by atoms with E-state index in [4.69, 9.17) is 5.73 Å². The first-order valence-corrected chi connectivity index (χ1v) is 7.18. The van der Waals surface area contributed by atoms with Gasteiger partial charge in [0.2, 0.25) is 5.91 Å². The van der Waals surface area contributed by atoms with Gasteiger partial charge >= 0.3 is 0 Å². The zero-order valence-electron chi connectivity index (χ0n) is 12.9. The summed E-state index contributed by atoms with van der Waals surface area (Å²) in [6, 6.07) is 2.97. The Hall–Kier alpha value is -1.49. The third-order valence-corrected chi connectivity index (χ3v) is 3.61. The monoisotopic (exact) mass is 298 g/mol. The van der Waals surface area contributed by atoms with Crippen LogP contribution in [0.25, 0.3) is 0 Å². The lowest BCUT2D eigenvalue weighted by Gasteiger charge is -2.30. The summed E-state index contributed by atoms with van der Waals surface area (Å²) in [5, 5.41) is 2.52. The van der Waals surface area contributed by atoms with Gasteiger partial charge in [-0.15, -0.1) is 0 Å². The van der Waals surface area contributed by atoms with Crippen LogP contribution in [0.2, 0.25) is 0 Å². The third kappa shape index (κ3) is 6.21. The summed E-state index contributed by atoms with van der Waals surface area (Å²) >= 11 is 0. The topological polar surface area (TPSA) is 55.1 Å². The van der Waals surface area contributed by atoms with Crippen molar-refractivity contribution in [3.63, 3.8) is 0 Å². The molecule has 5 heteroatoms. The zero-order chi connectivity index (χ0) is 16.0. The molecule has 1 aromatic rings. The molecule has 0 heterocycles. The van der Waals surface area contributed by atoms with Crippen molar-refractivity contribution in [2.45, 2.75) is 40.0 Å². The number of benzene rings is 1. The molecule has 118 valence electrons. The number of nitrogens with one attached hydrogen (secondary N) is 1. The molecule has 1 rings (SSSR count). The maximum absolute atomic E-state index is 13.0. The highest BCUT2D eigenvalue weighted by atomic mass is 19.1. The van der Waals surface area contributed by atoms with Crippen LogP contribution in [-0.2, 0) is 4.79 Å². The molecule has 1 aromatic carbocycles. The molecule has 0 aliphatic heterocycles. The van der Waals surface area contributed by atoms with E-state index in [1.54, 1.807) is 0 Å². The van der Waals surface area contributed by atoms with Crippen LogP contribution in [0.3, 0.4) is 0 Å². The molecule has 1 unspecified atom stereocenters. The summed E-state index contributed by atoms with van der Waals surface area (Å²) in [4.78, 5) is 11.9. The summed E-state index contributed by atoms with van der Waals surface area (Å²) in [7, 11) is 0. The molecule has 3 nitrogen and oxygen atoms in total. The van der Waals surface area contributed by atoms with E-state index in [1.165, 1.54) is 0 Å². The number of carbonyl (C=O) groups excluding carboxylic acids is 1. The highest BCUT2D eigenvalue weighted by Crippen LogP contribution is 2.32. The van der Waals surface area contributed by atoms with E-state index in [9.17, 15) is 13.6 Å². The van der Waals surface area contributed by atoms with Crippen molar-refractivity contribution in [3.8, 4) is 0 Å². The van der Waals surface area contributed by atoms with Crippen molar-refractivity contribution in [2.24, 2.45) is 17.1 Å². The Morgan fingerprint density at radius 2 is 1.76 bits per heavy atom. The maximum atomic E-state index is 13.0. The molecule has 0 radical (unpaired) electrons. The van der Waals surface area contributed by atoms with Crippen molar-refractivity contribution < 1.29 is 13.6 Å². The van der Waals surface area contributed by atoms with Gasteiger partial charge in [0.25, 0.3) is 0 Å². The Kier molecular flexibility index (Phi) is 6.27. The minimum atomic E-state index is -0.707. The molecule has 0 fully saturated rings. The standard InChI is InChI=1S/C16H24F2N2O/c1-16(2,3)11(6-7-19)4-5-15(21)20-14-9-12(17)8-13(18)10-14/h8-11H,4-7,19H2,1-3H3,(H,20,21). The fourth-order valence-electron chi connectivity index (χ4n) is 2.37. The van der Waals surface area contributed by atoms with Crippen LogP contribution < -0.4 is 11.1 Å². The van der Waals surface area contributed by atoms with Gasteiger partial charge in [0.15, 0.2) is 0 Å². The molecule has 3 N–H and O–H groups in total. The predicted octanol–water partition coefficient (Wildman–Crippen LogP) is 3.69. The van der Waals surface area contributed by atoms with Crippen molar-refractivity contribution in [2.75, 3.05) is 11.9 Å². The Labute approximate surface area is 124 Å². The summed E-state index contributed by atoms with van der Waals surface area (Å²) in [6.07, 6.45) is 1.86. The van der Waals surface area contributed by atoms with Gasteiger partial charge in [-0.1, -0.05) is 20.8 Å². The normalized spacial score (nSPS) is 13.0. The molecule has 0 aliphatic carbocycles. The summed E-state index contributed by atoms with van der Waals surface area (Å²) in [6.45, 7) is 6.94. The van der Waals surface area contributed by atoms with Crippen LogP contribution in [0.5, 0.6) is 0 Å². The Bertz CT molecular complexity index is 463. The van der Waals surface area contributed by atoms with Crippen molar-refractivity contribution in [3.05, 3.63) is 29.8 Å². The summed E-state index contributed by atoms with van der Waals surface area (Å²) in [5.41, 5.74) is 5.82. The van der Waals surface area contributed by atoms with Crippen molar-refractivity contribution in [1.29, 1.82) is 0 Å². The molecule has 0 saturated carbocycles. The van der Waals surface area contributed by atoms with Crippen LogP contribution in [0.4, 0.5) is 14.5 Å². The average molecular weight is 298 g/mol. The van der Waals surface area contributed by atoms with Gasteiger partial charge in [-0.25, -0.2) is 8.78 Å². The molecule has 1 amide bonds. The largest absolute Gasteiger partial charge is 0.330 e. The highest BCUT2D eigenvalue weighted by molar-refractivity contribution is 5.90. The molecule has 0 aromatic heterocycles. The minimum Gasteiger partial charge on any atom is -0.330 e. The molecular formula is C16H24F2N2O. The fraction of sp³-hybridized carbons (Fsp3) is 0.562. The molecule has 1 atom stereocenters. The molecular weight excluding hydrogens is 274 g/mol. The van der Waals surface area contributed by atoms with Gasteiger partial charge in [-0.3, -0.25) is 4.79 Å². The number of rotatable bonds is 6. The van der Waals surface area contributed by atoms with Crippen LogP contribution >= 0.6 is 0 Å². The second kappa shape index (κ2) is 7.50. The van der Waals surface area contributed by atoms with E-state index < -0.39 is 11.6 Å². The van der Waals surface area contributed by atoms with E-state index in [0.29, 0.717) is 25.3 Å². The first-order valence-electron chi connectivity index (χ1n) is 7.18. The molecule has 0 saturated heterocycles. The van der Waals surface area contributed by atoms with Crippen molar-refractivity contribution in [1.82, 2.24) is 0 Å². The zero-order valence-corrected chi connectivity index (χ0v) is 12.9.